The smallest absolute Gasteiger partial charge is 0.265 e. The van der Waals surface area contributed by atoms with E-state index in [-0.39, 0.29) is 16.3 Å². The largest absolute Gasteiger partial charge is 0.497 e. The molecule has 0 aromatic heterocycles. The monoisotopic (exact) mass is 401 g/mol. The second-order valence-electron chi connectivity index (χ2n) is 4.47. The average Bonchev–Trinajstić information content (AvgIpc) is 2.54. The zero-order valence-electron chi connectivity index (χ0n) is 12.8. The summed E-state index contributed by atoms with van der Waals surface area (Å²) < 4.78 is 43.9. The van der Waals surface area contributed by atoms with E-state index < -0.39 is 10.0 Å². The van der Waals surface area contributed by atoms with Crippen LogP contribution in [0.25, 0.3) is 0 Å². The van der Waals surface area contributed by atoms with Crippen molar-refractivity contribution in [2.75, 3.05) is 26.1 Å². The second kappa shape index (κ2) is 7.10. The van der Waals surface area contributed by atoms with Gasteiger partial charge in [0.2, 0.25) is 0 Å². The molecule has 6 nitrogen and oxygen atoms in total. The molecule has 2 aromatic rings. The van der Waals surface area contributed by atoms with Crippen molar-refractivity contribution in [2.45, 2.75) is 4.90 Å². The summed E-state index contributed by atoms with van der Waals surface area (Å²) in [5.74, 6) is 1.12. The number of nitrogens with one attached hydrogen (secondary N) is 1. The molecule has 23 heavy (non-hydrogen) atoms. The molecule has 0 spiro atoms. The molecular formula is C15H16BrNO5S. The normalized spacial score (nSPS) is 11.0. The summed E-state index contributed by atoms with van der Waals surface area (Å²) in [5.41, 5.74) is 0.272. The summed E-state index contributed by atoms with van der Waals surface area (Å²) in [7, 11) is 0.489. The lowest BCUT2D eigenvalue weighted by Gasteiger charge is -2.15. The molecule has 2 aromatic carbocycles. The molecule has 0 fully saturated rings. The number of halogens is 1. The van der Waals surface area contributed by atoms with Gasteiger partial charge in [0.05, 0.1) is 27.0 Å². The van der Waals surface area contributed by atoms with E-state index in [4.69, 9.17) is 14.2 Å². The zero-order chi connectivity index (χ0) is 17.0. The predicted octanol–water partition coefficient (Wildman–Crippen LogP) is 3.28. The molecule has 0 radical (unpaired) electrons. The van der Waals surface area contributed by atoms with Gasteiger partial charge in [0.25, 0.3) is 10.0 Å². The van der Waals surface area contributed by atoms with Gasteiger partial charge >= 0.3 is 0 Å². The quantitative estimate of drug-likeness (QED) is 0.803. The molecule has 1 N–H and O–H groups in total. The fourth-order valence-corrected chi connectivity index (χ4v) is 3.72. The van der Waals surface area contributed by atoms with Gasteiger partial charge in [-0.2, -0.15) is 0 Å². The van der Waals surface area contributed by atoms with Gasteiger partial charge < -0.3 is 14.2 Å². The first-order chi connectivity index (χ1) is 10.9. The minimum Gasteiger partial charge on any atom is -0.497 e. The molecule has 0 heterocycles. The minimum absolute atomic E-state index is 0.0132. The highest BCUT2D eigenvalue weighted by molar-refractivity contribution is 9.10. The molecule has 0 saturated heterocycles. The Morgan fingerprint density at radius 3 is 2.17 bits per heavy atom. The summed E-state index contributed by atoms with van der Waals surface area (Å²) in [6, 6.07) is 9.57. The van der Waals surface area contributed by atoms with Crippen molar-refractivity contribution in [3.05, 3.63) is 40.9 Å². The molecule has 0 bridgehead atoms. The van der Waals surface area contributed by atoms with Crippen molar-refractivity contribution in [3.8, 4) is 17.2 Å². The van der Waals surface area contributed by atoms with Crippen molar-refractivity contribution in [2.24, 2.45) is 0 Å². The van der Waals surface area contributed by atoms with Gasteiger partial charge in [-0.1, -0.05) is 15.9 Å². The maximum Gasteiger partial charge on any atom is 0.265 e. The zero-order valence-corrected chi connectivity index (χ0v) is 15.2. The minimum atomic E-state index is -3.88. The van der Waals surface area contributed by atoms with E-state index in [1.54, 1.807) is 30.3 Å². The summed E-state index contributed by atoms with van der Waals surface area (Å²) in [4.78, 5) is 0.0132. The summed E-state index contributed by atoms with van der Waals surface area (Å²) in [5, 5.41) is 0. The van der Waals surface area contributed by atoms with Crippen molar-refractivity contribution >= 4 is 31.6 Å². The number of benzene rings is 2. The Kier molecular flexibility index (Phi) is 5.38. The van der Waals surface area contributed by atoms with Crippen LogP contribution in [-0.2, 0) is 10.0 Å². The lowest BCUT2D eigenvalue weighted by molar-refractivity contribution is 0.402. The highest BCUT2D eigenvalue weighted by atomic mass is 79.9. The lowest BCUT2D eigenvalue weighted by atomic mass is 10.3. The molecule has 0 saturated carbocycles. The molecular weight excluding hydrogens is 386 g/mol. The van der Waals surface area contributed by atoms with Gasteiger partial charge in [-0.05, 0) is 30.3 Å². The van der Waals surface area contributed by atoms with Gasteiger partial charge in [-0.3, -0.25) is 4.72 Å². The number of hydrogen-bond donors (Lipinski definition) is 1. The van der Waals surface area contributed by atoms with E-state index in [1.165, 1.54) is 27.4 Å². The summed E-state index contributed by atoms with van der Waals surface area (Å²) >= 11 is 3.26. The topological polar surface area (TPSA) is 73.9 Å². The summed E-state index contributed by atoms with van der Waals surface area (Å²) in [6.07, 6.45) is 0. The average molecular weight is 402 g/mol. The molecule has 8 heteroatoms. The van der Waals surface area contributed by atoms with Gasteiger partial charge in [-0.25, -0.2) is 8.42 Å². The maximum absolute atomic E-state index is 12.7. The Balaban J connectivity index is 2.48. The molecule has 0 aliphatic heterocycles. The first-order valence-electron chi connectivity index (χ1n) is 6.49. The standard InChI is InChI=1S/C15H16BrNO5S/c1-20-11-5-7-13(21-2)12(9-11)17-23(18,19)15-8-10(16)4-6-14(15)22-3/h4-9,17H,1-3H3. The highest BCUT2D eigenvalue weighted by Gasteiger charge is 2.22. The van der Waals surface area contributed by atoms with E-state index in [0.29, 0.717) is 16.0 Å². The van der Waals surface area contributed by atoms with Gasteiger partial charge in [0.1, 0.15) is 22.1 Å². The first kappa shape index (κ1) is 17.4. The Labute approximate surface area is 143 Å². The van der Waals surface area contributed by atoms with Crippen LogP contribution >= 0.6 is 15.9 Å². The Morgan fingerprint density at radius 1 is 0.913 bits per heavy atom. The van der Waals surface area contributed by atoms with Crippen LogP contribution in [0.3, 0.4) is 0 Å². The Hall–Kier alpha value is -1.93. The number of sulfonamides is 1. The van der Waals surface area contributed by atoms with Gasteiger partial charge in [0, 0.05) is 10.5 Å². The second-order valence-corrected chi connectivity index (χ2v) is 7.03. The third kappa shape index (κ3) is 3.89. The van der Waals surface area contributed by atoms with Crippen LogP contribution in [0.1, 0.15) is 0 Å². The van der Waals surface area contributed by atoms with Crippen molar-refractivity contribution in [1.82, 2.24) is 0 Å². The fourth-order valence-electron chi connectivity index (χ4n) is 1.95. The molecule has 124 valence electrons. The van der Waals surface area contributed by atoms with Crippen LogP contribution in [0.4, 0.5) is 5.69 Å². The molecule has 0 amide bonds. The van der Waals surface area contributed by atoms with E-state index in [2.05, 4.69) is 20.7 Å². The van der Waals surface area contributed by atoms with Crippen molar-refractivity contribution < 1.29 is 22.6 Å². The van der Waals surface area contributed by atoms with Crippen molar-refractivity contribution in [1.29, 1.82) is 0 Å². The van der Waals surface area contributed by atoms with E-state index >= 15 is 0 Å². The van der Waals surface area contributed by atoms with Gasteiger partial charge in [-0.15, -0.1) is 0 Å². The van der Waals surface area contributed by atoms with Crippen LogP contribution in [0.2, 0.25) is 0 Å². The van der Waals surface area contributed by atoms with Crippen LogP contribution < -0.4 is 18.9 Å². The molecule has 2 rings (SSSR count). The third-order valence-electron chi connectivity index (χ3n) is 3.07. The molecule has 0 atom stereocenters. The number of rotatable bonds is 6. The molecule has 0 aliphatic carbocycles. The SMILES string of the molecule is COc1ccc(OC)c(NS(=O)(=O)c2cc(Br)ccc2OC)c1. The highest BCUT2D eigenvalue weighted by Crippen LogP contribution is 2.33. The Bertz CT molecular complexity index is 808. The van der Waals surface area contributed by atoms with Crippen LogP contribution in [-0.4, -0.2) is 29.7 Å². The number of ether oxygens (including phenoxy) is 3. The number of methoxy groups -OCH3 is 3. The fraction of sp³-hybridized carbons (Fsp3) is 0.200. The number of hydrogen-bond acceptors (Lipinski definition) is 5. The first-order valence-corrected chi connectivity index (χ1v) is 8.77. The van der Waals surface area contributed by atoms with Gasteiger partial charge in [0.15, 0.2) is 0 Å². The van der Waals surface area contributed by atoms with Crippen LogP contribution in [0, 0.1) is 0 Å². The summed E-state index contributed by atoms with van der Waals surface area (Å²) in [6.45, 7) is 0. The molecule has 0 unspecified atom stereocenters. The van der Waals surface area contributed by atoms with E-state index in [9.17, 15) is 8.42 Å². The van der Waals surface area contributed by atoms with E-state index in [0.717, 1.165) is 0 Å². The lowest BCUT2D eigenvalue weighted by Crippen LogP contribution is -2.15. The van der Waals surface area contributed by atoms with E-state index in [1.807, 2.05) is 0 Å². The maximum atomic E-state index is 12.7. The van der Waals surface area contributed by atoms with Crippen LogP contribution in [0.5, 0.6) is 17.2 Å². The predicted molar refractivity (Wildman–Crippen MR) is 91.0 cm³/mol. The third-order valence-corrected chi connectivity index (χ3v) is 4.95. The number of anilines is 1. The van der Waals surface area contributed by atoms with Crippen LogP contribution in [0.15, 0.2) is 45.8 Å². The molecule has 0 aliphatic rings. The Morgan fingerprint density at radius 2 is 1.57 bits per heavy atom. The van der Waals surface area contributed by atoms with Crippen molar-refractivity contribution in [3.63, 3.8) is 0 Å².